The maximum absolute atomic E-state index is 12.4. The van der Waals surface area contributed by atoms with Gasteiger partial charge in [0, 0.05) is 24.3 Å². The average molecular weight is 290 g/mol. The number of amides is 1. The van der Waals surface area contributed by atoms with Gasteiger partial charge in [0.15, 0.2) is 0 Å². The highest BCUT2D eigenvalue weighted by Gasteiger charge is 2.19. The summed E-state index contributed by atoms with van der Waals surface area (Å²) in [6.07, 6.45) is 3.96. The third kappa shape index (κ3) is 4.43. The lowest BCUT2D eigenvalue weighted by Gasteiger charge is -2.29. The van der Waals surface area contributed by atoms with E-state index in [0.29, 0.717) is 5.56 Å². The van der Waals surface area contributed by atoms with Gasteiger partial charge in [-0.3, -0.25) is 4.79 Å². The molecule has 1 saturated heterocycles. The van der Waals surface area contributed by atoms with E-state index in [1.807, 2.05) is 19.2 Å². The van der Waals surface area contributed by atoms with Crippen LogP contribution in [0.25, 0.3) is 0 Å². The molecule has 5 nitrogen and oxygen atoms in total. The number of rotatable bonds is 5. The summed E-state index contributed by atoms with van der Waals surface area (Å²) in [6.45, 7) is 4.21. The number of carbonyl (C=O) groups is 1. The first kappa shape index (κ1) is 15.8. The van der Waals surface area contributed by atoms with Crippen molar-refractivity contribution in [1.29, 1.82) is 0 Å². The van der Waals surface area contributed by atoms with Crippen molar-refractivity contribution in [1.82, 2.24) is 15.2 Å². The molecule has 116 valence electrons. The number of nitrogens with one attached hydrogen (secondary N) is 2. The second-order valence-electron chi connectivity index (χ2n) is 5.78. The normalized spacial score (nSPS) is 16.7. The second-order valence-corrected chi connectivity index (χ2v) is 5.78. The van der Waals surface area contributed by atoms with Gasteiger partial charge >= 0.3 is 0 Å². The molecule has 1 aromatic rings. The highest BCUT2D eigenvalue weighted by atomic mass is 16.1. The molecule has 0 spiro atoms. The van der Waals surface area contributed by atoms with Gasteiger partial charge in [0.05, 0.1) is 0 Å². The molecule has 1 aliphatic heterocycles. The smallest absolute Gasteiger partial charge is 0.251 e. The fraction of sp³-hybridized carbons (Fsp3) is 0.625. The number of nitrogens with zero attached hydrogens (tertiary/aromatic N) is 2. The zero-order valence-corrected chi connectivity index (χ0v) is 13.3. The molecule has 0 saturated carbocycles. The molecule has 2 N–H and O–H groups in total. The van der Waals surface area contributed by atoms with Crippen LogP contribution < -0.4 is 10.6 Å². The lowest BCUT2D eigenvalue weighted by molar-refractivity contribution is 0.0916. The lowest BCUT2D eigenvalue weighted by Crippen LogP contribution is -2.43. The number of carbonyl (C=O) groups excluding carboxylic acids is 1. The van der Waals surface area contributed by atoms with Gasteiger partial charge in [-0.15, -0.1) is 0 Å². The Kier molecular flexibility index (Phi) is 5.56. The predicted molar refractivity (Wildman–Crippen MR) is 85.8 cm³/mol. The fourth-order valence-electron chi connectivity index (χ4n) is 2.65. The topological polar surface area (TPSA) is 57.3 Å². The maximum atomic E-state index is 12.4. The zero-order valence-electron chi connectivity index (χ0n) is 13.3. The number of hydrogen-bond acceptors (Lipinski definition) is 4. The van der Waals surface area contributed by atoms with Crippen molar-refractivity contribution in [2.24, 2.45) is 0 Å². The summed E-state index contributed by atoms with van der Waals surface area (Å²) in [7, 11) is 3.95. The first-order valence-corrected chi connectivity index (χ1v) is 7.80. The Morgan fingerprint density at radius 3 is 2.71 bits per heavy atom. The van der Waals surface area contributed by atoms with E-state index >= 15 is 0 Å². The number of aromatic nitrogens is 1. The number of aryl methyl sites for hydroxylation is 1. The van der Waals surface area contributed by atoms with E-state index < -0.39 is 0 Å². The van der Waals surface area contributed by atoms with Crippen molar-refractivity contribution in [3.05, 3.63) is 23.4 Å². The van der Waals surface area contributed by atoms with Gasteiger partial charge in [-0.1, -0.05) is 13.3 Å². The molecule has 1 amide bonds. The third-order valence-corrected chi connectivity index (χ3v) is 3.96. The molecular weight excluding hydrogens is 264 g/mol. The average Bonchev–Trinajstić information content (AvgIpc) is 2.49. The van der Waals surface area contributed by atoms with Gasteiger partial charge in [-0.2, -0.15) is 0 Å². The van der Waals surface area contributed by atoms with E-state index in [-0.39, 0.29) is 11.9 Å². The summed E-state index contributed by atoms with van der Waals surface area (Å²) in [5.74, 6) is 0.773. The van der Waals surface area contributed by atoms with Crippen LogP contribution in [0.5, 0.6) is 0 Å². The molecule has 1 fully saturated rings. The molecule has 0 aliphatic carbocycles. The van der Waals surface area contributed by atoms with E-state index in [0.717, 1.165) is 50.3 Å². The molecule has 1 aromatic heterocycles. The van der Waals surface area contributed by atoms with E-state index in [1.54, 1.807) is 0 Å². The number of hydrogen-bond donors (Lipinski definition) is 2. The van der Waals surface area contributed by atoms with Gasteiger partial charge in [0.1, 0.15) is 5.82 Å². The Hall–Kier alpha value is -1.62. The van der Waals surface area contributed by atoms with Crippen molar-refractivity contribution < 1.29 is 4.79 Å². The van der Waals surface area contributed by atoms with Crippen molar-refractivity contribution in [3.63, 3.8) is 0 Å². The summed E-state index contributed by atoms with van der Waals surface area (Å²) in [5, 5.41) is 6.19. The van der Waals surface area contributed by atoms with Crippen LogP contribution in [-0.2, 0) is 6.42 Å². The Bertz CT molecular complexity index is 481. The van der Waals surface area contributed by atoms with E-state index in [9.17, 15) is 4.79 Å². The van der Waals surface area contributed by atoms with Crippen molar-refractivity contribution in [3.8, 4) is 0 Å². The first-order valence-electron chi connectivity index (χ1n) is 7.80. The Labute approximate surface area is 127 Å². The van der Waals surface area contributed by atoms with E-state index in [4.69, 9.17) is 0 Å². The molecule has 0 radical (unpaired) electrons. The largest absolute Gasteiger partial charge is 0.373 e. The Morgan fingerprint density at radius 2 is 2.10 bits per heavy atom. The molecule has 0 unspecified atom stereocenters. The van der Waals surface area contributed by atoms with E-state index in [1.165, 1.54) is 0 Å². The number of pyridine rings is 1. The molecule has 21 heavy (non-hydrogen) atoms. The molecule has 2 heterocycles. The van der Waals surface area contributed by atoms with Crippen molar-refractivity contribution in [2.45, 2.75) is 38.6 Å². The van der Waals surface area contributed by atoms with Crippen LogP contribution >= 0.6 is 0 Å². The molecule has 2 rings (SSSR count). The summed E-state index contributed by atoms with van der Waals surface area (Å²) >= 11 is 0. The van der Waals surface area contributed by atoms with Crippen LogP contribution in [-0.4, -0.2) is 49.0 Å². The van der Waals surface area contributed by atoms with Crippen LogP contribution in [0.3, 0.4) is 0 Å². The molecule has 0 atom stereocenters. The summed E-state index contributed by atoms with van der Waals surface area (Å²) in [6, 6.07) is 4.02. The van der Waals surface area contributed by atoms with Crippen LogP contribution in [0.15, 0.2) is 12.1 Å². The van der Waals surface area contributed by atoms with E-state index in [2.05, 4.69) is 34.5 Å². The minimum Gasteiger partial charge on any atom is -0.373 e. The SMILES string of the molecule is CCCc1cc(C(=O)NC2CCN(C)CC2)cc(NC)n1. The van der Waals surface area contributed by atoms with Crippen molar-refractivity contribution in [2.75, 3.05) is 32.5 Å². The van der Waals surface area contributed by atoms with Crippen LogP contribution in [0.2, 0.25) is 0 Å². The number of anilines is 1. The Balaban J connectivity index is 2.05. The van der Waals surface area contributed by atoms with Crippen LogP contribution in [0.4, 0.5) is 5.82 Å². The lowest BCUT2D eigenvalue weighted by atomic mass is 10.0. The standard InChI is InChI=1S/C16H26N4O/c1-4-5-14-10-12(11-15(17-2)18-14)16(21)19-13-6-8-20(3)9-7-13/h10-11,13H,4-9H2,1-3H3,(H,17,18)(H,19,21). The molecule has 1 aliphatic rings. The van der Waals surface area contributed by atoms with Gasteiger partial charge in [0.25, 0.3) is 5.91 Å². The number of likely N-dealkylation sites (tertiary alicyclic amines) is 1. The van der Waals surface area contributed by atoms with Gasteiger partial charge < -0.3 is 15.5 Å². The van der Waals surface area contributed by atoms with Gasteiger partial charge in [-0.05, 0) is 51.5 Å². The molecule has 5 heteroatoms. The predicted octanol–water partition coefficient (Wildman–Crippen LogP) is 1.90. The van der Waals surface area contributed by atoms with Crippen LogP contribution in [0.1, 0.15) is 42.2 Å². The summed E-state index contributed by atoms with van der Waals surface area (Å²) < 4.78 is 0. The molecule has 0 aromatic carbocycles. The minimum absolute atomic E-state index is 0.0146. The maximum Gasteiger partial charge on any atom is 0.251 e. The number of piperidine rings is 1. The molecule has 0 bridgehead atoms. The first-order chi connectivity index (χ1) is 10.1. The summed E-state index contributed by atoms with van der Waals surface area (Å²) in [4.78, 5) is 19.2. The highest BCUT2D eigenvalue weighted by Crippen LogP contribution is 2.14. The Morgan fingerprint density at radius 1 is 1.38 bits per heavy atom. The minimum atomic E-state index is 0.0146. The van der Waals surface area contributed by atoms with Crippen LogP contribution in [0, 0.1) is 0 Å². The zero-order chi connectivity index (χ0) is 15.2. The second kappa shape index (κ2) is 7.41. The van der Waals surface area contributed by atoms with Crippen molar-refractivity contribution >= 4 is 11.7 Å². The molecular formula is C16H26N4O. The summed E-state index contributed by atoms with van der Waals surface area (Å²) in [5.41, 5.74) is 1.68. The monoisotopic (exact) mass is 290 g/mol. The third-order valence-electron chi connectivity index (χ3n) is 3.96. The quantitative estimate of drug-likeness (QED) is 0.869. The van der Waals surface area contributed by atoms with Gasteiger partial charge in [0.2, 0.25) is 0 Å². The van der Waals surface area contributed by atoms with Gasteiger partial charge in [-0.25, -0.2) is 4.98 Å². The fourth-order valence-corrected chi connectivity index (χ4v) is 2.65. The highest BCUT2D eigenvalue weighted by molar-refractivity contribution is 5.95.